The lowest BCUT2D eigenvalue weighted by molar-refractivity contribution is -0.118. The van der Waals surface area contributed by atoms with E-state index in [0.29, 0.717) is 5.82 Å². The van der Waals surface area contributed by atoms with E-state index in [2.05, 4.69) is 4.98 Å². The minimum absolute atomic E-state index is 0.0221. The third-order valence-corrected chi connectivity index (χ3v) is 4.45. The van der Waals surface area contributed by atoms with E-state index in [1.54, 1.807) is 16.0 Å². The van der Waals surface area contributed by atoms with Crippen molar-refractivity contribution in [1.82, 2.24) is 9.88 Å². The molecule has 6 nitrogen and oxygen atoms in total. The highest BCUT2D eigenvalue weighted by Gasteiger charge is 2.29. The zero-order valence-corrected chi connectivity index (χ0v) is 15.9. The number of pyridine rings is 1. The molecule has 2 atom stereocenters. The Bertz CT molecular complexity index is 595. The fourth-order valence-corrected chi connectivity index (χ4v) is 3.00. The molecule has 1 saturated heterocycles. The topological polar surface area (TPSA) is 62.7 Å². The van der Waals surface area contributed by atoms with Gasteiger partial charge in [-0.15, -0.1) is 0 Å². The number of ether oxygens (including phenoxy) is 1. The molecule has 138 valence electrons. The van der Waals surface area contributed by atoms with Crippen LogP contribution in [-0.4, -0.2) is 40.6 Å². The van der Waals surface area contributed by atoms with Gasteiger partial charge in [0, 0.05) is 18.8 Å². The van der Waals surface area contributed by atoms with Gasteiger partial charge < -0.3 is 9.64 Å². The van der Waals surface area contributed by atoms with Crippen LogP contribution in [0.25, 0.3) is 0 Å². The van der Waals surface area contributed by atoms with Gasteiger partial charge in [0.2, 0.25) is 6.41 Å². The van der Waals surface area contributed by atoms with Crippen LogP contribution in [0.4, 0.5) is 10.6 Å². The lowest BCUT2D eigenvalue weighted by atomic mass is 10.1. The third kappa shape index (κ3) is 4.71. The Balaban J connectivity index is 2.23. The van der Waals surface area contributed by atoms with Gasteiger partial charge in [-0.2, -0.15) is 0 Å². The molecule has 1 aliphatic rings. The Morgan fingerprint density at radius 2 is 2.20 bits per heavy atom. The minimum atomic E-state index is -0.558. The summed E-state index contributed by atoms with van der Waals surface area (Å²) in [7, 11) is 0. The predicted molar refractivity (Wildman–Crippen MR) is 97.4 cm³/mol. The monoisotopic (exact) mass is 347 g/mol. The van der Waals surface area contributed by atoms with E-state index >= 15 is 0 Å². The van der Waals surface area contributed by atoms with Crippen molar-refractivity contribution in [3.05, 3.63) is 23.9 Å². The van der Waals surface area contributed by atoms with Gasteiger partial charge >= 0.3 is 6.09 Å². The second-order valence-electron chi connectivity index (χ2n) is 7.56. The van der Waals surface area contributed by atoms with Crippen molar-refractivity contribution in [2.24, 2.45) is 0 Å². The molecule has 1 aromatic heterocycles. The molecule has 2 amide bonds. The van der Waals surface area contributed by atoms with Crippen LogP contribution in [-0.2, 0) is 9.53 Å². The molecule has 1 aromatic rings. The van der Waals surface area contributed by atoms with Gasteiger partial charge in [0.1, 0.15) is 11.4 Å². The van der Waals surface area contributed by atoms with Crippen molar-refractivity contribution in [3.8, 4) is 0 Å². The highest BCUT2D eigenvalue weighted by Crippen LogP contribution is 2.31. The van der Waals surface area contributed by atoms with E-state index in [1.807, 2.05) is 46.8 Å². The van der Waals surface area contributed by atoms with Crippen LogP contribution in [0.5, 0.6) is 0 Å². The van der Waals surface area contributed by atoms with E-state index in [4.69, 9.17) is 4.74 Å². The lowest BCUT2D eigenvalue weighted by Gasteiger charge is -2.30. The summed E-state index contributed by atoms with van der Waals surface area (Å²) in [5.74, 6) is 0.572. The first-order valence-corrected chi connectivity index (χ1v) is 8.96. The van der Waals surface area contributed by atoms with E-state index in [1.165, 1.54) is 0 Å². The molecule has 0 aliphatic carbocycles. The van der Waals surface area contributed by atoms with Crippen LogP contribution in [0, 0.1) is 0 Å². The lowest BCUT2D eigenvalue weighted by Crippen LogP contribution is -2.42. The number of anilines is 1. The standard InChI is InChI=1S/C19H29N3O3/c1-6-14(2)22(18(24)25-19(3,4)5)17-10-9-15(12-20-17)16-8-7-11-21(16)13-23/h9-10,12-14,16H,6-8,11H2,1-5H3/t14-,16+/m1/s1. The normalized spacial score (nSPS) is 18.8. The Labute approximate surface area is 150 Å². The number of carbonyl (C=O) groups excluding carboxylic acids is 2. The van der Waals surface area contributed by atoms with Crippen molar-refractivity contribution in [2.45, 2.75) is 71.6 Å². The summed E-state index contributed by atoms with van der Waals surface area (Å²) < 4.78 is 5.53. The van der Waals surface area contributed by atoms with Crippen molar-refractivity contribution < 1.29 is 14.3 Å². The molecule has 0 aromatic carbocycles. The number of hydrogen-bond acceptors (Lipinski definition) is 4. The van der Waals surface area contributed by atoms with Crippen LogP contribution >= 0.6 is 0 Å². The second-order valence-corrected chi connectivity index (χ2v) is 7.56. The summed E-state index contributed by atoms with van der Waals surface area (Å²) in [6.07, 6.45) is 5.02. The number of rotatable bonds is 5. The smallest absolute Gasteiger partial charge is 0.416 e. The first-order valence-electron chi connectivity index (χ1n) is 8.96. The van der Waals surface area contributed by atoms with Crippen LogP contribution in [0.1, 0.15) is 65.5 Å². The third-order valence-electron chi connectivity index (χ3n) is 4.45. The van der Waals surface area contributed by atoms with Crippen molar-refractivity contribution in [1.29, 1.82) is 0 Å². The van der Waals surface area contributed by atoms with Gasteiger partial charge in [0.05, 0.1) is 6.04 Å². The zero-order valence-electron chi connectivity index (χ0n) is 15.9. The molecule has 1 fully saturated rings. The molecule has 0 N–H and O–H groups in total. The maximum Gasteiger partial charge on any atom is 0.416 e. The molecule has 2 heterocycles. The molecule has 0 saturated carbocycles. The maximum absolute atomic E-state index is 12.6. The first-order chi connectivity index (χ1) is 11.8. The molecule has 0 bridgehead atoms. The van der Waals surface area contributed by atoms with Crippen LogP contribution in [0.3, 0.4) is 0 Å². The van der Waals surface area contributed by atoms with Crippen molar-refractivity contribution in [2.75, 3.05) is 11.4 Å². The summed E-state index contributed by atoms with van der Waals surface area (Å²) in [6, 6.07) is 3.85. The summed E-state index contributed by atoms with van der Waals surface area (Å²) in [5, 5.41) is 0. The molecule has 0 spiro atoms. The molecule has 0 unspecified atom stereocenters. The second kappa shape index (κ2) is 7.85. The molecular formula is C19H29N3O3. The maximum atomic E-state index is 12.6. The summed E-state index contributed by atoms with van der Waals surface area (Å²) in [5.41, 5.74) is 0.443. The van der Waals surface area contributed by atoms with Crippen LogP contribution in [0.2, 0.25) is 0 Å². The zero-order chi connectivity index (χ0) is 18.6. The minimum Gasteiger partial charge on any atom is -0.443 e. The quantitative estimate of drug-likeness (QED) is 0.758. The SMILES string of the molecule is CC[C@@H](C)N(C(=O)OC(C)(C)C)c1ccc([C@@H]2CCCN2C=O)cn1. The van der Waals surface area contributed by atoms with Gasteiger partial charge in [0.15, 0.2) is 0 Å². The van der Waals surface area contributed by atoms with E-state index < -0.39 is 11.7 Å². The Morgan fingerprint density at radius 1 is 1.48 bits per heavy atom. The molecule has 2 rings (SSSR count). The molecular weight excluding hydrogens is 318 g/mol. The summed E-state index contributed by atoms with van der Waals surface area (Å²) in [6.45, 7) is 10.3. The predicted octanol–water partition coefficient (Wildman–Crippen LogP) is 3.91. The van der Waals surface area contributed by atoms with Gasteiger partial charge in [-0.1, -0.05) is 13.0 Å². The van der Waals surface area contributed by atoms with Crippen LogP contribution < -0.4 is 4.90 Å². The Hall–Kier alpha value is -2.11. The summed E-state index contributed by atoms with van der Waals surface area (Å²) >= 11 is 0. The highest BCUT2D eigenvalue weighted by atomic mass is 16.6. The number of hydrogen-bond donors (Lipinski definition) is 0. The fourth-order valence-electron chi connectivity index (χ4n) is 3.00. The Morgan fingerprint density at radius 3 is 2.72 bits per heavy atom. The van der Waals surface area contributed by atoms with Gasteiger partial charge in [-0.05, 0) is 58.6 Å². The molecule has 1 aliphatic heterocycles. The van der Waals surface area contributed by atoms with Crippen molar-refractivity contribution in [3.63, 3.8) is 0 Å². The molecule has 6 heteroatoms. The van der Waals surface area contributed by atoms with Crippen LogP contribution in [0.15, 0.2) is 18.3 Å². The van der Waals surface area contributed by atoms with E-state index in [-0.39, 0.29) is 12.1 Å². The molecule has 0 radical (unpaired) electrons. The molecule has 25 heavy (non-hydrogen) atoms. The average Bonchev–Trinajstić information content (AvgIpc) is 3.02. The number of aromatic nitrogens is 1. The average molecular weight is 347 g/mol. The summed E-state index contributed by atoms with van der Waals surface area (Å²) in [4.78, 5) is 31.7. The van der Waals surface area contributed by atoms with E-state index in [0.717, 1.165) is 37.8 Å². The number of nitrogens with zero attached hydrogens (tertiary/aromatic N) is 3. The van der Waals surface area contributed by atoms with Gasteiger partial charge in [-0.3, -0.25) is 9.69 Å². The number of likely N-dealkylation sites (tertiary alicyclic amines) is 1. The fraction of sp³-hybridized carbons (Fsp3) is 0.632. The van der Waals surface area contributed by atoms with Gasteiger partial charge in [-0.25, -0.2) is 9.78 Å². The van der Waals surface area contributed by atoms with Gasteiger partial charge in [0.25, 0.3) is 0 Å². The number of carbonyl (C=O) groups is 2. The van der Waals surface area contributed by atoms with Crippen molar-refractivity contribution >= 4 is 18.3 Å². The largest absolute Gasteiger partial charge is 0.443 e. The number of amides is 2. The first kappa shape index (κ1) is 19.2. The Kier molecular flexibility index (Phi) is 6.03. The highest BCUT2D eigenvalue weighted by molar-refractivity contribution is 5.87. The van der Waals surface area contributed by atoms with E-state index in [9.17, 15) is 9.59 Å².